The van der Waals surface area contributed by atoms with Crippen LogP contribution < -0.4 is 11.1 Å². The number of hydrogen-bond donors (Lipinski definition) is 2. The van der Waals surface area contributed by atoms with Crippen LogP contribution in [-0.4, -0.2) is 20.9 Å². The molecule has 0 atom stereocenters. The lowest BCUT2D eigenvalue weighted by Crippen LogP contribution is -2.27. The van der Waals surface area contributed by atoms with Crippen molar-refractivity contribution in [2.24, 2.45) is 0 Å². The van der Waals surface area contributed by atoms with Gasteiger partial charge in [-0.15, -0.1) is 5.10 Å². The standard InChI is InChI=1S/C9H11N5O2/c10-8-5-14(13-12-8)6-9(15)11-4-7-2-1-3-16-7/h1-3,5H,4,6,10H2,(H,11,15). The number of aromatic nitrogens is 3. The van der Waals surface area contributed by atoms with E-state index >= 15 is 0 Å². The first-order valence-electron chi connectivity index (χ1n) is 4.69. The summed E-state index contributed by atoms with van der Waals surface area (Å²) in [5.74, 6) is 0.812. The zero-order chi connectivity index (χ0) is 11.4. The average Bonchev–Trinajstić information content (AvgIpc) is 2.87. The van der Waals surface area contributed by atoms with Crippen LogP contribution in [0.15, 0.2) is 29.0 Å². The van der Waals surface area contributed by atoms with Crippen LogP contribution in [0.5, 0.6) is 0 Å². The van der Waals surface area contributed by atoms with Crippen LogP contribution in [0.25, 0.3) is 0 Å². The number of carbonyl (C=O) groups excluding carboxylic acids is 1. The van der Waals surface area contributed by atoms with Gasteiger partial charge in [-0.05, 0) is 12.1 Å². The Morgan fingerprint density at radius 2 is 2.50 bits per heavy atom. The molecule has 0 aliphatic heterocycles. The molecule has 7 nitrogen and oxygen atoms in total. The van der Waals surface area contributed by atoms with Crippen molar-refractivity contribution in [2.75, 3.05) is 5.73 Å². The molecule has 2 heterocycles. The summed E-state index contributed by atoms with van der Waals surface area (Å²) in [6.07, 6.45) is 3.05. The van der Waals surface area contributed by atoms with Gasteiger partial charge >= 0.3 is 0 Å². The summed E-state index contributed by atoms with van der Waals surface area (Å²) in [5.41, 5.74) is 5.36. The molecule has 0 aliphatic rings. The molecule has 0 fully saturated rings. The fourth-order valence-corrected chi connectivity index (χ4v) is 1.19. The molecule has 1 amide bonds. The highest BCUT2D eigenvalue weighted by molar-refractivity contribution is 5.75. The minimum Gasteiger partial charge on any atom is -0.467 e. The van der Waals surface area contributed by atoms with Crippen LogP contribution in [0.2, 0.25) is 0 Å². The molecular weight excluding hydrogens is 210 g/mol. The summed E-state index contributed by atoms with van der Waals surface area (Å²) in [5, 5.41) is 9.91. The van der Waals surface area contributed by atoms with Crippen LogP contribution in [0.1, 0.15) is 5.76 Å². The Balaban J connectivity index is 1.81. The maximum absolute atomic E-state index is 11.4. The predicted molar refractivity (Wildman–Crippen MR) is 55.0 cm³/mol. The van der Waals surface area contributed by atoms with Crippen molar-refractivity contribution < 1.29 is 9.21 Å². The van der Waals surface area contributed by atoms with Gasteiger partial charge in [0.25, 0.3) is 0 Å². The minimum atomic E-state index is -0.179. The van der Waals surface area contributed by atoms with E-state index in [4.69, 9.17) is 10.2 Å². The lowest BCUT2D eigenvalue weighted by molar-refractivity contribution is -0.122. The maximum atomic E-state index is 11.4. The van der Waals surface area contributed by atoms with Gasteiger partial charge < -0.3 is 15.5 Å². The van der Waals surface area contributed by atoms with E-state index in [0.29, 0.717) is 18.1 Å². The smallest absolute Gasteiger partial charge is 0.242 e. The summed E-state index contributed by atoms with van der Waals surface area (Å²) in [6, 6.07) is 3.55. The second-order valence-corrected chi connectivity index (χ2v) is 3.20. The number of nitrogen functional groups attached to an aromatic ring is 1. The summed E-state index contributed by atoms with van der Waals surface area (Å²) >= 11 is 0. The number of nitrogens with two attached hydrogens (primary N) is 1. The Morgan fingerprint density at radius 3 is 3.12 bits per heavy atom. The molecule has 0 bridgehead atoms. The second-order valence-electron chi connectivity index (χ2n) is 3.20. The van der Waals surface area contributed by atoms with E-state index in [9.17, 15) is 4.79 Å². The van der Waals surface area contributed by atoms with Gasteiger partial charge in [0.2, 0.25) is 5.91 Å². The Hall–Kier alpha value is -2.31. The zero-order valence-corrected chi connectivity index (χ0v) is 8.46. The third-order valence-corrected chi connectivity index (χ3v) is 1.90. The normalized spacial score (nSPS) is 10.2. The molecule has 84 valence electrons. The van der Waals surface area contributed by atoms with Gasteiger partial charge in [-0.2, -0.15) is 0 Å². The number of nitrogens with one attached hydrogen (secondary N) is 1. The monoisotopic (exact) mass is 221 g/mol. The predicted octanol–water partition coefficient (Wildman–Crippen LogP) is -0.230. The summed E-state index contributed by atoms with van der Waals surface area (Å²) in [4.78, 5) is 11.4. The molecule has 2 aromatic rings. The number of hydrogen-bond acceptors (Lipinski definition) is 5. The fourth-order valence-electron chi connectivity index (χ4n) is 1.19. The number of amides is 1. The Kier molecular flexibility index (Phi) is 2.86. The van der Waals surface area contributed by atoms with Crippen molar-refractivity contribution in [3.05, 3.63) is 30.4 Å². The van der Waals surface area contributed by atoms with E-state index in [-0.39, 0.29) is 12.5 Å². The van der Waals surface area contributed by atoms with Crippen molar-refractivity contribution in [1.29, 1.82) is 0 Å². The molecule has 0 spiro atoms. The van der Waals surface area contributed by atoms with E-state index in [0.717, 1.165) is 0 Å². The molecule has 0 unspecified atom stereocenters. The summed E-state index contributed by atoms with van der Waals surface area (Å²) in [7, 11) is 0. The first-order valence-corrected chi connectivity index (χ1v) is 4.69. The average molecular weight is 221 g/mol. The molecule has 3 N–H and O–H groups in total. The first kappa shape index (κ1) is 10.2. The molecule has 0 saturated carbocycles. The van der Waals surface area contributed by atoms with Crippen LogP contribution in [0.3, 0.4) is 0 Å². The molecule has 7 heteroatoms. The number of carbonyl (C=O) groups is 1. The van der Waals surface area contributed by atoms with E-state index in [1.54, 1.807) is 18.4 Å². The Bertz CT molecular complexity index is 462. The van der Waals surface area contributed by atoms with Gasteiger partial charge in [-0.25, -0.2) is 4.68 Å². The largest absolute Gasteiger partial charge is 0.467 e. The van der Waals surface area contributed by atoms with Crippen LogP contribution in [0.4, 0.5) is 5.82 Å². The topological polar surface area (TPSA) is 99.0 Å². The zero-order valence-electron chi connectivity index (χ0n) is 8.46. The molecule has 0 saturated heterocycles. The summed E-state index contributed by atoms with van der Waals surface area (Å²) < 4.78 is 6.44. The van der Waals surface area contributed by atoms with Crippen LogP contribution >= 0.6 is 0 Å². The summed E-state index contributed by atoms with van der Waals surface area (Å²) in [6.45, 7) is 0.445. The molecular formula is C9H11N5O2. The Labute approximate surface area is 91.2 Å². The van der Waals surface area contributed by atoms with Gasteiger partial charge in [-0.1, -0.05) is 5.21 Å². The highest BCUT2D eigenvalue weighted by Crippen LogP contribution is 1.98. The maximum Gasteiger partial charge on any atom is 0.242 e. The highest BCUT2D eigenvalue weighted by Gasteiger charge is 2.05. The SMILES string of the molecule is Nc1cn(CC(=O)NCc2ccco2)nn1. The lowest BCUT2D eigenvalue weighted by Gasteiger charge is -2.02. The number of rotatable bonds is 4. The van der Waals surface area contributed by atoms with Crippen molar-refractivity contribution in [1.82, 2.24) is 20.3 Å². The van der Waals surface area contributed by atoms with E-state index in [2.05, 4.69) is 15.6 Å². The molecule has 0 aliphatic carbocycles. The van der Waals surface area contributed by atoms with Crippen molar-refractivity contribution in [3.8, 4) is 0 Å². The number of nitrogens with zero attached hydrogens (tertiary/aromatic N) is 3. The highest BCUT2D eigenvalue weighted by atomic mass is 16.3. The van der Waals surface area contributed by atoms with Crippen LogP contribution in [-0.2, 0) is 17.9 Å². The Morgan fingerprint density at radius 1 is 1.62 bits per heavy atom. The molecule has 2 aromatic heterocycles. The lowest BCUT2D eigenvalue weighted by atomic mass is 10.4. The molecule has 0 aromatic carbocycles. The van der Waals surface area contributed by atoms with Crippen molar-refractivity contribution in [3.63, 3.8) is 0 Å². The van der Waals surface area contributed by atoms with Gasteiger partial charge in [0.1, 0.15) is 12.3 Å². The van der Waals surface area contributed by atoms with E-state index < -0.39 is 0 Å². The first-order chi connectivity index (χ1) is 7.74. The molecule has 2 rings (SSSR count). The number of furan rings is 1. The van der Waals surface area contributed by atoms with Gasteiger partial charge in [0.05, 0.1) is 19.0 Å². The van der Waals surface area contributed by atoms with Gasteiger partial charge in [0, 0.05) is 0 Å². The van der Waals surface area contributed by atoms with E-state index in [1.165, 1.54) is 10.9 Å². The molecule has 0 radical (unpaired) electrons. The van der Waals surface area contributed by atoms with Gasteiger partial charge in [0.15, 0.2) is 5.82 Å². The molecule has 16 heavy (non-hydrogen) atoms. The van der Waals surface area contributed by atoms with Crippen LogP contribution in [0, 0.1) is 0 Å². The number of anilines is 1. The van der Waals surface area contributed by atoms with Gasteiger partial charge in [-0.3, -0.25) is 4.79 Å². The van der Waals surface area contributed by atoms with Crippen molar-refractivity contribution in [2.45, 2.75) is 13.1 Å². The third kappa shape index (κ3) is 2.59. The second kappa shape index (κ2) is 4.47. The third-order valence-electron chi connectivity index (χ3n) is 1.90. The van der Waals surface area contributed by atoms with Crippen molar-refractivity contribution >= 4 is 11.7 Å². The fraction of sp³-hybridized carbons (Fsp3) is 0.222. The quantitative estimate of drug-likeness (QED) is 0.743. The minimum absolute atomic E-state index is 0.0882. The van der Waals surface area contributed by atoms with E-state index in [1.807, 2.05) is 0 Å².